The first-order valence-electron chi connectivity index (χ1n) is 8.22. The molecule has 0 fully saturated rings. The second kappa shape index (κ2) is 9.81. The van der Waals surface area contributed by atoms with Crippen LogP contribution < -0.4 is 0 Å². The minimum atomic E-state index is -2.90. The summed E-state index contributed by atoms with van der Waals surface area (Å²) in [4.78, 5) is 0. The van der Waals surface area contributed by atoms with E-state index >= 15 is 0 Å². The van der Waals surface area contributed by atoms with Gasteiger partial charge in [0.25, 0.3) is 0 Å². The molecular weight excluding hydrogens is 292 g/mol. The Balaban J connectivity index is 3.21. The van der Waals surface area contributed by atoms with Gasteiger partial charge in [-0.3, -0.25) is 0 Å². The minimum Gasteiger partial charge on any atom is -0.364 e. The molecule has 0 bridgehead atoms. The number of benzene rings is 1. The topological polar surface area (TPSA) is 27.7 Å². The van der Waals surface area contributed by atoms with Gasteiger partial charge in [-0.15, -0.1) is 0 Å². The van der Waals surface area contributed by atoms with Crippen molar-refractivity contribution in [1.29, 1.82) is 0 Å². The normalized spacial score (nSPS) is 11.1. The molecule has 4 heteroatoms. The summed E-state index contributed by atoms with van der Waals surface area (Å²) in [6.07, 6.45) is 1.99. The van der Waals surface area contributed by atoms with Crippen LogP contribution in [0.2, 0.25) is 0 Å². The Morgan fingerprint density at radius 3 is 1.91 bits per heavy atom. The second-order valence-corrected chi connectivity index (χ2v) is 6.98. The number of aryl methyl sites for hydroxylation is 1. The molecule has 3 nitrogen and oxygen atoms in total. The highest BCUT2D eigenvalue weighted by Gasteiger charge is 2.39. The van der Waals surface area contributed by atoms with Crippen LogP contribution in [0.4, 0.5) is 0 Å². The molecule has 0 aliphatic heterocycles. The molecule has 122 valence electrons. The van der Waals surface area contributed by atoms with Gasteiger partial charge in [-0.25, -0.2) is 0 Å². The SMILES string of the molecule is CCO[Si](C#Cc1cccc(CC)c1CC)(OCC)OCC. The predicted molar refractivity (Wildman–Crippen MR) is 92.7 cm³/mol. The van der Waals surface area contributed by atoms with Gasteiger partial charge in [-0.05, 0) is 56.3 Å². The molecule has 1 aromatic rings. The van der Waals surface area contributed by atoms with E-state index in [0.29, 0.717) is 19.8 Å². The second-order valence-electron chi connectivity index (χ2n) is 4.76. The van der Waals surface area contributed by atoms with E-state index in [0.717, 1.165) is 18.4 Å². The van der Waals surface area contributed by atoms with Gasteiger partial charge in [0, 0.05) is 25.4 Å². The lowest BCUT2D eigenvalue weighted by atomic mass is 9.98. The van der Waals surface area contributed by atoms with Gasteiger partial charge in [-0.2, -0.15) is 0 Å². The monoisotopic (exact) mass is 320 g/mol. The van der Waals surface area contributed by atoms with E-state index in [1.165, 1.54) is 11.1 Å². The summed E-state index contributed by atoms with van der Waals surface area (Å²) in [7, 11) is -2.90. The van der Waals surface area contributed by atoms with Gasteiger partial charge in [-0.1, -0.05) is 31.9 Å². The average molecular weight is 321 g/mol. The van der Waals surface area contributed by atoms with Gasteiger partial charge in [0.15, 0.2) is 0 Å². The summed E-state index contributed by atoms with van der Waals surface area (Å²) in [6, 6.07) is 6.30. The molecule has 0 aliphatic rings. The highest BCUT2D eigenvalue weighted by molar-refractivity contribution is 6.69. The van der Waals surface area contributed by atoms with E-state index in [-0.39, 0.29) is 0 Å². The molecule has 0 heterocycles. The fourth-order valence-corrected chi connectivity index (χ4v) is 4.34. The molecule has 1 aromatic carbocycles. The lowest BCUT2D eigenvalue weighted by Crippen LogP contribution is -2.45. The summed E-state index contributed by atoms with van der Waals surface area (Å²) in [5.74, 6) is 3.27. The highest BCUT2D eigenvalue weighted by Crippen LogP contribution is 2.16. The van der Waals surface area contributed by atoms with Crippen LogP contribution in [0.15, 0.2) is 18.2 Å². The van der Waals surface area contributed by atoms with Crippen molar-refractivity contribution in [3.8, 4) is 11.5 Å². The maximum atomic E-state index is 5.78. The van der Waals surface area contributed by atoms with Crippen LogP contribution in [0.1, 0.15) is 51.3 Å². The summed E-state index contributed by atoms with van der Waals surface area (Å²) in [6.45, 7) is 11.8. The van der Waals surface area contributed by atoms with Crippen LogP contribution in [0.5, 0.6) is 0 Å². The third-order valence-corrected chi connectivity index (χ3v) is 5.80. The van der Waals surface area contributed by atoms with Crippen LogP contribution >= 0.6 is 0 Å². The van der Waals surface area contributed by atoms with Crippen LogP contribution in [-0.2, 0) is 26.1 Å². The Kier molecular flexibility index (Phi) is 8.43. The Bertz CT molecular complexity index is 500. The molecule has 0 spiro atoms. The van der Waals surface area contributed by atoms with Gasteiger partial charge >= 0.3 is 8.80 Å². The first-order valence-corrected chi connectivity index (χ1v) is 9.94. The summed E-state index contributed by atoms with van der Waals surface area (Å²) in [5, 5.41) is 0. The van der Waals surface area contributed by atoms with Crippen molar-refractivity contribution < 1.29 is 13.3 Å². The van der Waals surface area contributed by atoms with E-state index in [1.807, 2.05) is 20.8 Å². The van der Waals surface area contributed by atoms with E-state index < -0.39 is 8.80 Å². The smallest absolute Gasteiger partial charge is 0.364 e. The predicted octanol–water partition coefficient (Wildman–Crippen LogP) is 3.75. The summed E-state index contributed by atoms with van der Waals surface area (Å²) >= 11 is 0. The molecule has 0 amide bonds. The number of rotatable bonds is 8. The number of hydrogen-bond donors (Lipinski definition) is 0. The van der Waals surface area contributed by atoms with Crippen molar-refractivity contribution in [2.75, 3.05) is 19.8 Å². The van der Waals surface area contributed by atoms with Crippen molar-refractivity contribution in [1.82, 2.24) is 0 Å². The molecule has 0 atom stereocenters. The van der Waals surface area contributed by atoms with E-state index in [2.05, 4.69) is 43.5 Å². The lowest BCUT2D eigenvalue weighted by Gasteiger charge is -2.22. The molecule has 0 aliphatic carbocycles. The zero-order chi connectivity index (χ0) is 16.4. The van der Waals surface area contributed by atoms with Crippen molar-refractivity contribution in [2.45, 2.75) is 47.5 Å². The maximum absolute atomic E-state index is 5.78. The Labute approximate surface area is 136 Å². The first-order chi connectivity index (χ1) is 10.7. The van der Waals surface area contributed by atoms with Crippen LogP contribution in [0.3, 0.4) is 0 Å². The molecule has 0 saturated carbocycles. The molecule has 0 aromatic heterocycles. The van der Waals surface area contributed by atoms with Gasteiger partial charge < -0.3 is 13.3 Å². The lowest BCUT2D eigenvalue weighted by molar-refractivity contribution is 0.0870. The molecular formula is C18H28O3Si. The Morgan fingerprint density at radius 1 is 0.864 bits per heavy atom. The van der Waals surface area contributed by atoms with Gasteiger partial charge in [0.1, 0.15) is 0 Å². The molecule has 0 radical (unpaired) electrons. The summed E-state index contributed by atoms with van der Waals surface area (Å²) in [5.41, 5.74) is 6.92. The maximum Gasteiger partial charge on any atom is 0.591 e. The molecule has 1 rings (SSSR count). The van der Waals surface area contributed by atoms with Crippen LogP contribution in [-0.4, -0.2) is 28.6 Å². The Morgan fingerprint density at radius 2 is 1.45 bits per heavy atom. The largest absolute Gasteiger partial charge is 0.591 e. The van der Waals surface area contributed by atoms with Crippen molar-refractivity contribution in [2.24, 2.45) is 0 Å². The van der Waals surface area contributed by atoms with Gasteiger partial charge in [0.2, 0.25) is 0 Å². The van der Waals surface area contributed by atoms with Crippen LogP contribution in [0, 0.1) is 11.5 Å². The zero-order valence-corrected chi connectivity index (χ0v) is 15.5. The number of hydrogen-bond acceptors (Lipinski definition) is 3. The molecule has 0 N–H and O–H groups in total. The summed E-state index contributed by atoms with van der Waals surface area (Å²) < 4.78 is 17.3. The third kappa shape index (κ3) is 4.96. The van der Waals surface area contributed by atoms with E-state index in [4.69, 9.17) is 13.3 Å². The third-order valence-electron chi connectivity index (χ3n) is 3.36. The molecule has 0 saturated heterocycles. The fourth-order valence-electron chi connectivity index (χ4n) is 2.45. The van der Waals surface area contributed by atoms with Crippen molar-refractivity contribution >= 4 is 8.80 Å². The van der Waals surface area contributed by atoms with Crippen molar-refractivity contribution in [3.63, 3.8) is 0 Å². The first kappa shape index (κ1) is 18.9. The highest BCUT2D eigenvalue weighted by atomic mass is 28.4. The standard InChI is InChI=1S/C18H28O3Si/c1-6-16-12-11-13-17(18(16)7-2)14-15-22(19-8-3,20-9-4)21-10-5/h11-13H,6-10H2,1-5H3. The van der Waals surface area contributed by atoms with E-state index in [1.54, 1.807) is 0 Å². The molecule has 0 unspecified atom stereocenters. The molecule has 22 heavy (non-hydrogen) atoms. The minimum absolute atomic E-state index is 0.538. The zero-order valence-electron chi connectivity index (χ0n) is 14.5. The van der Waals surface area contributed by atoms with Crippen LogP contribution in [0.25, 0.3) is 0 Å². The quantitative estimate of drug-likeness (QED) is 0.539. The van der Waals surface area contributed by atoms with Gasteiger partial charge in [0.05, 0.1) is 0 Å². The average Bonchev–Trinajstić information content (AvgIpc) is 2.53. The van der Waals surface area contributed by atoms with Crippen molar-refractivity contribution in [3.05, 3.63) is 34.9 Å². The fraction of sp³-hybridized carbons (Fsp3) is 0.556. The van der Waals surface area contributed by atoms with E-state index in [9.17, 15) is 0 Å². The Hall–Kier alpha value is -1.12.